The van der Waals surface area contributed by atoms with Gasteiger partial charge < -0.3 is 15.6 Å². The lowest BCUT2D eigenvalue weighted by Gasteiger charge is -2.08. The fraction of sp³-hybridized carbons (Fsp3) is 0.231. The quantitative estimate of drug-likeness (QED) is 0.865. The second-order valence-corrected chi connectivity index (χ2v) is 3.87. The van der Waals surface area contributed by atoms with Gasteiger partial charge in [0.25, 0.3) is 0 Å². The average molecular weight is 245 g/mol. The molecule has 0 saturated heterocycles. The summed E-state index contributed by atoms with van der Waals surface area (Å²) in [6.07, 6.45) is 0. The van der Waals surface area contributed by atoms with Crippen LogP contribution >= 0.6 is 0 Å². The van der Waals surface area contributed by atoms with Crippen molar-refractivity contribution in [1.29, 1.82) is 0 Å². The molecule has 2 aromatic rings. The summed E-state index contributed by atoms with van der Waals surface area (Å²) >= 11 is 0. The molecule has 3 N–H and O–H groups in total. The summed E-state index contributed by atoms with van der Waals surface area (Å²) in [6.45, 7) is 4.19. The fourth-order valence-corrected chi connectivity index (χ4v) is 1.65. The number of hydrogen-bond acceptors (Lipinski definition) is 5. The fourth-order valence-electron chi connectivity index (χ4n) is 1.65. The van der Waals surface area contributed by atoms with E-state index in [-0.39, 0.29) is 5.75 Å². The van der Waals surface area contributed by atoms with Crippen molar-refractivity contribution in [3.05, 3.63) is 30.0 Å². The molecule has 0 atom stereocenters. The topological polar surface area (TPSA) is 81.3 Å². The maximum Gasteiger partial charge on any atom is 0.161 e. The van der Waals surface area contributed by atoms with Gasteiger partial charge in [-0.05, 0) is 32.0 Å². The van der Waals surface area contributed by atoms with Crippen LogP contribution in [0.3, 0.4) is 0 Å². The summed E-state index contributed by atoms with van der Waals surface area (Å²) in [5.41, 5.74) is 7.24. The van der Waals surface area contributed by atoms with Gasteiger partial charge in [0.1, 0.15) is 5.82 Å². The predicted molar refractivity (Wildman–Crippen MR) is 69.5 cm³/mol. The molecule has 0 spiro atoms. The minimum atomic E-state index is 0.0984. The van der Waals surface area contributed by atoms with E-state index in [4.69, 9.17) is 10.5 Å². The maximum absolute atomic E-state index is 9.63. The lowest BCUT2D eigenvalue weighted by molar-refractivity contribution is 0.318. The monoisotopic (exact) mass is 245 g/mol. The van der Waals surface area contributed by atoms with Crippen molar-refractivity contribution in [3.63, 3.8) is 0 Å². The number of nitrogens with zero attached hydrogens (tertiary/aromatic N) is 2. The van der Waals surface area contributed by atoms with Crippen LogP contribution in [0.25, 0.3) is 11.4 Å². The summed E-state index contributed by atoms with van der Waals surface area (Å²) in [4.78, 5) is 8.47. The van der Waals surface area contributed by atoms with Gasteiger partial charge in [-0.1, -0.05) is 0 Å². The zero-order valence-electron chi connectivity index (χ0n) is 10.3. The van der Waals surface area contributed by atoms with Gasteiger partial charge in [-0.2, -0.15) is 0 Å². The third-order valence-corrected chi connectivity index (χ3v) is 2.39. The van der Waals surface area contributed by atoms with Crippen LogP contribution in [0, 0.1) is 6.92 Å². The van der Waals surface area contributed by atoms with Crippen molar-refractivity contribution in [2.24, 2.45) is 0 Å². The molecule has 0 bridgehead atoms. The molecule has 0 amide bonds. The van der Waals surface area contributed by atoms with Crippen LogP contribution in [0.2, 0.25) is 0 Å². The molecule has 5 heteroatoms. The van der Waals surface area contributed by atoms with Crippen molar-refractivity contribution in [1.82, 2.24) is 9.97 Å². The number of ether oxygens (including phenoxy) is 1. The van der Waals surface area contributed by atoms with E-state index in [1.165, 1.54) is 0 Å². The van der Waals surface area contributed by atoms with Crippen LogP contribution in [0.4, 0.5) is 5.82 Å². The lowest BCUT2D eigenvalue weighted by atomic mass is 10.2. The zero-order valence-corrected chi connectivity index (χ0v) is 10.3. The summed E-state index contributed by atoms with van der Waals surface area (Å²) in [6, 6.07) is 6.69. The number of phenolic OH excluding ortho intramolecular Hbond substituents is 1. The van der Waals surface area contributed by atoms with Crippen LogP contribution in [0.1, 0.15) is 12.6 Å². The molecule has 94 valence electrons. The van der Waals surface area contributed by atoms with E-state index in [1.54, 1.807) is 24.3 Å². The predicted octanol–water partition coefficient (Wildman–Crippen LogP) is 2.14. The Morgan fingerprint density at radius 3 is 2.72 bits per heavy atom. The van der Waals surface area contributed by atoms with E-state index in [9.17, 15) is 5.11 Å². The first-order chi connectivity index (χ1) is 8.60. The van der Waals surface area contributed by atoms with Gasteiger partial charge in [-0.15, -0.1) is 0 Å². The number of phenols is 1. The second-order valence-electron chi connectivity index (χ2n) is 3.87. The van der Waals surface area contributed by atoms with E-state index < -0.39 is 0 Å². The van der Waals surface area contributed by atoms with Crippen LogP contribution in [0.5, 0.6) is 11.5 Å². The molecule has 18 heavy (non-hydrogen) atoms. The number of rotatable bonds is 3. The number of hydrogen-bond donors (Lipinski definition) is 2. The Morgan fingerprint density at radius 2 is 2.06 bits per heavy atom. The maximum atomic E-state index is 9.63. The molecular weight excluding hydrogens is 230 g/mol. The van der Waals surface area contributed by atoms with E-state index in [0.29, 0.717) is 24.0 Å². The lowest BCUT2D eigenvalue weighted by Crippen LogP contribution is -1.98. The zero-order chi connectivity index (χ0) is 13.1. The summed E-state index contributed by atoms with van der Waals surface area (Å²) in [5.74, 6) is 1.46. The van der Waals surface area contributed by atoms with E-state index in [1.807, 2.05) is 13.8 Å². The number of anilines is 1. The highest BCUT2D eigenvalue weighted by Crippen LogP contribution is 2.30. The molecule has 0 unspecified atom stereocenters. The number of aryl methyl sites for hydroxylation is 1. The molecule has 1 aromatic heterocycles. The van der Waals surface area contributed by atoms with Gasteiger partial charge in [-0.25, -0.2) is 9.97 Å². The first-order valence-corrected chi connectivity index (χ1v) is 5.67. The summed E-state index contributed by atoms with van der Waals surface area (Å²) in [7, 11) is 0. The number of aromatic nitrogens is 2. The molecule has 0 saturated carbocycles. The Hall–Kier alpha value is -2.30. The van der Waals surface area contributed by atoms with Gasteiger partial charge >= 0.3 is 0 Å². The standard InChI is InChI=1S/C13H15N3O2/c1-3-18-11-7-9(4-5-10(11)17)13-15-8(2)6-12(14)16-13/h4-7,17H,3H2,1-2H3,(H2,14,15,16). The Kier molecular flexibility index (Phi) is 3.32. The SMILES string of the molecule is CCOc1cc(-c2nc(C)cc(N)n2)ccc1O. The highest BCUT2D eigenvalue weighted by Gasteiger charge is 2.08. The van der Waals surface area contributed by atoms with Gasteiger partial charge in [0, 0.05) is 17.3 Å². The van der Waals surface area contributed by atoms with Crippen LogP contribution in [-0.2, 0) is 0 Å². The van der Waals surface area contributed by atoms with Crippen molar-refractivity contribution in [2.75, 3.05) is 12.3 Å². The van der Waals surface area contributed by atoms with Gasteiger partial charge in [0.15, 0.2) is 17.3 Å². The van der Waals surface area contributed by atoms with Crippen LogP contribution in [0.15, 0.2) is 24.3 Å². The highest BCUT2D eigenvalue weighted by molar-refractivity contribution is 5.62. The molecule has 2 rings (SSSR count). The summed E-state index contributed by atoms with van der Waals surface area (Å²) in [5, 5.41) is 9.63. The Bertz CT molecular complexity index is 550. The number of aromatic hydroxyl groups is 1. The van der Waals surface area contributed by atoms with Crippen molar-refractivity contribution in [3.8, 4) is 22.9 Å². The van der Waals surface area contributed by atoms with Crippen molar-refractivity contribution < 1.29 is 9.84 Å². The summed E-state index contributed by atoms with van der Waals surface area (Å²) < 4.78 is 5.32. The molecule has 0 radical (unpaired) electrons. The highest BCUT2D eigenvalue weighted by atomic mass is 16.5. The van der Waals surface area contributed by atoms with E-state index in [2.05, 4.69) is 9.97 Å². The molecule has 0 fully saturated rings. The van der Waals surface area contributed by atoms with Gasteiger partial charge in [0.05, 0.1) is 6.61 Å². The first-order valence-electron chi connectivity index (χ1n) is 5.67. The van der Waals surface area contributed by atoms with E-state index in [0.717, 1.165) is 11.3 Å². The van der Waals surface area contributed by atoms with Gasteiger partial charge in [0.2, 0.25) is 0 Å². The molecule has 1 heterocycles. The Morgan fingerprint density at radius 1 is 1.28 bits per heavy atom. The van der Waals surface area contributed by atoms with Crippen molar-refractivity contribution in [2.45, 2.75) is 13.8 Å². The smallest absolute Gasteiger partial charge is 0.161 e. The first kappa shape index (κ1) is 12.2. The third-order valence-electron chi connectivity index (χ3n) is 2.39. The minimum Gasteiger partial charge on any atom is -0.504 e. The van der Waals surface area contributed by atoms with Gasteiger partial charge in [-0.3, -0.25) is 0 Å². The number of nitrogen functional groups attached to an aromatic ring is 1. The molecule has 5 nitrogen and oxygen atoms in total. The number of benzene rings is 1. The van der Waals surface area contributed by atoms with Crippen LogP contribution in [-0.4, -0.2) is 21.7 Å². The minimum absolute atomic E-state index is 0.0984. The third kappa shape index (κ3) is 2.51. The Balaban J connectivity index is 2.47. The van der Waals surface area contributed by atoms with Crippen LogP contribution < -0.4 is 10.5 Å². The molecule has 0 aliphatic rings. The number of nitrogens with two attached hydrogens (primary N) is 1. The molecular formula is C13H15N3O2. The second kappa shape index (κ2) is 4.91. The molecule has 1 aromatic carbocycles. The average Bonchev–Trinajstić information content (AvgIpc) is 2.31. The Labute approximate surface area is 105 Å². The van der Waals surface area contributed by atoms with Crippen molar-refractivity contribution >= 4 is 5.82 Å². The molecule has 0 aliphatic carbocycles. The normalized spacial score (nSPS) is 10.3. The van der Waals surface area contributed by atoms with E-state index >= 15 is 0 Å². The largest absolute Gasteiger partial charge is 0.504 e. The molecule has 0 aliphatic heterocycles.